The van der Waals surface area contributed by atoms with Crippen molar-refractivity contribution in [2.75, 3.05) is 20.8 Å². The van der Waals surface area contributed by atoms with Crippen LogP contribution in [0.4, 0.5) is 0 Å². The van der Waals surface area contributed by atoms with Gasteiger partial charge in [0.05, 0.1) is 11.4 Å². The van der Waals surface area contributed by atoms with Crippen LogP contribution in [0.3, 0.4) is 0 Å². The zero-order valence-corrected chi connectivity index (χ0v) is 16.0. The summed E-state index contributed by atoms with van der Waals surface area (Å²) in [4.78, 5) is 0.234. The Hall–Kier alpha value is -1.44. The van der Waals surface area contributed by atoms with Gasteiger partial charge in [-0.15, -0.1) is 0 Å². The summed E-state index contributed by atoms with van der Waals surface area (Å²) >= 11 is 5.91. The van der Waals surface area contributed by atoms with Crippen molar-refractivity contribution in [2.24, 2.45) is 0 Å². The van der Waals surface area contributed by atoms with Gasteiger partial charge in [-0.05, 0) is 36.8 Å². The van der Waals surface area contributed by atoms with Crippen molar-refractivity contribution in [2.45, 2.75) is 24.7 Å². The molecule has 0 N–H and O–H groups in total. The van der Waals surface area contributed by atoms with Crippen LogP contribution in [0.5, 0.6) is 0 Å². The smallest absolute Gasteiger partial charge is 0.243 e. The molecule has 0 aromatic heterocycles. The molecule has 2 aromatic carbocycles. The molecule has 0 bridgehead atoms. The van der Waals surface area contributed by atoms with Crippen LogP contribution >= 0.6 is 11.6 Å². The van der Waals surface area contributed by atoms with Crippen molar-refractivity contribution in [1.82, 2.24) is 4.31 Å². The fraction of sp³-hybridized carbons (Fsp3) is 0.333. The maximum absolute atomic E-state index is 13.1. The van der Waals surface area contributed by atoms with E-state index >= 15 is 0 Å². The van der Waals surface area contributed by atoms with Gasteiger partial charge in [0.25, 0.3) is 0 Å². The van der Waals surface area contributed by atoms with Crippen LogP contribution in [0, 0.1) is 6.92 Å². The van der Waals surface area contributed by atoms with Gasteiger partial charge < -0.3 is 9.47 Å². The Labute approximate surface area is 154 Å². The van der Waals surface area contributed by atoms with Crippen molar-refractivity contribution in [3.63, 3.8) is 0 Å². The molecule has 0 saturated carbocycles. The first-order valence-corrected chi connectivity index (χ1v) is 9.55. The van der Waals surface area contributed by atoms with Crippen LogP contribution in [-0.4, -0.2) is 39.8 Å². The molecule has 0 unspecified atom stereocenters. The Balaban J connectivity index is 2.35. The van der Waals surface area contributed by atoms with Crippen LogP contribution < -0.4 is 0 Å². The lowest BCUT2D eigenvalue weighted by atomic mass is 10.2. The first kappa shape index (κ1) is 19.9. The van der Waals surface area contributed by atoms with E-state index in [2.05, 4.69) is 0 Å². The molecule has 0 radical (unpaired) electrons. The highest BCUT2D eigenvalue weighted by Gasteiger charge is 2.27. The second-order valence-corrected chi connectivity index (χ2v) is 8.01. The number of hydrogen-bond donors (Lipinski definition) is 0. The van der Waals surface area contributed by atoms with E-state index < -0.39 is 16.3 Å². The van der Waals surface area contributed by atoms with Crippen LogP contribution in [-0.2, 0) is 26.0 Å². The molecule has 0 aliphatic carbocycles. The highest BCUT2D eigenvalue weighted by Crippen LogP contribution is 2.21. The van der Waals surface area contributed by atoms with Gasteiger partial charge in [0.15, 0.2) is 6.29 Å². The largest absolute Gasteiger partial charge is 0.354 e. The second-order valence-electron chi connectivity index (χ2n) is 5.64. The number of sulfonamides is 1. The molecule has 136 valence electrons. The summed E-state index contributed by atoms with van der Waals surface area (Å²) < 4.78 is 37.9. The average Bonchev–Trinajstić information content (AvgIpc) is 2.60. The molecule has 0 spiro atoms. The lowest BCUT2D eigenvalue weighted by Gasteiger charge is -2.26. The van der Waals surface area contributed by atoms with E-state index in [1.165, 1.54) is 18.5 Å². The molecule has 25 heavy (non-hydrogen) atoms. The first-order valence-electron chi connectivity index (χ1n) is 7.73. The summed E-state index contributed by atoms with van der Waals surface area (Å²) in [6.45, 7) is 2.18. The molecule has 0 fully saturated rings. The van der Waals surface area contributed by atoms with E-state index in [1.54, 1.807) is 48.5 Å². The molecule has 0 amide bonds. The summed E-state index contributed by atoms with van der Waals surface area (Å²) in [5.74, 6) is 0. The van der Waals surface area contributed by atoms with E-state index in [0.29, 0.717) is 5.02 Å². The third-order valence-electron chi connectivity index (χ3n) is 3.81. The fourth-order valence-electron chi connectivity index (χ4n) is 2.31. The summed E-state index contributed by atoms with van der Waals surface area (Å²) in [6.07, 6.45) is -0.660. The summed E-state index contributed by atoms with van der Waals surface area (Å²) in [5, 5.41) is 0.600. The predicted molar refractivity (Wildman–Crippen MR) is 98.0 cm³/mol. The van der Waals surface area contributed by atoms with Gasteiger partial charge >= 0.3 is 0 Å². The van der Waals surface area contributed by atoms with Crippen molar-refractivity contribution in [1.29, 1.82) is 0 Å². The Kier molecular flexibility index (Phi) is 6.98. The highest BCUT2D eigenvalue weighted by molar-refractivity contribution is 7.89. The zero-order valence-electron chi connectivity index (χ0n) is 14.5. The lowest BCUT2D eigenvalue weighted by molar-refractivity contribution is -0.108. The van der Waals surface area contributed by atoms with Gasteiger partial charge in [-0.2, -0.15) is 4.31 Å². The van der Waals surface area contributed by atoms with Gasteiger partial charge in [-0.3, -0.25) is 0 Å². The molecule has 5 nitrogen and oxygen atoms in total. The minimum absolute atomic E-state index is 0.0752. The van der Waals surface area contributed by atoms with Gasteiger partial charge in [-0.1, -0.05) is 41.4 Å². The number of halogens is 1. The maximum Gasteiger partial charge on any atom is 0.243 e. The molecule has 7 heteroatoms. The Morgan fingerprint density at radius 3 is 2.08 bits per heavy atom. The van der Waals surface area contributed by atoms with Crippen molar-refractivity contribution < 1.29 is 17.9 Å². The van der Waals surface area contributed by atoms with E-state index in [4.69, 9.17) is 21.1 Å². The van der Waals surface area contributed by atoms with Crippen molar-refractivity contribution in [3.8, 4) is 0 Å². The third-order valence-corrected chi connectivity index (χ3v) is 5.89. The van der Waals surface area contributed by atoms with Gasteiger partial charge in [0.1, 0.15) is 0 Å². The summed E-state index contributed by atoms with van der Waals surface area (Å²) in [7, 11) is -0.742. The average molecular weight is 384 g/mol. The summed E-state index contributed by atoms with van der Waals surface area (Å²) in [6, 6.07) is 13.8. The van der Waals surface area contributed by atoms with Gasteiger partial charge in [0, 0.05) is 25.8 Å². The molecule has 0 heterocycles. The monoisotopic (exact) mass is 383 g/mol. The number of methoxy groups -OCH3 is 2. The Morgan fingerprint density at radius 1 is 1.00 bits per heavy atom. The molecule has 0 aliphatic rings. The molecular weight excluding hydrogens is 362 g/mol. The van der Waals surface area contributed by atoms with E-state index in [9.17, 15) is 8.42 Å². The molecule has 0 atom stereocenters. The van der Waals surface area contributed by atoms with Gasteiger partial charge in [0.2, 0.25) is 10.0 Å². The SMILES string of the molecule is COC(CN(Cc1ccc(Cl)cc1)S(=O)(=O)c1ccc(C)cc1)OC. The van der Waals surface area contributed by atoms with Crippen LogP contribution in [0.1, 0.15) is 11.1 Å². The number of rotatable bonds is 8. The number of nitrogens with zero attached hydrogens (tertiary/aromatic N) is 1. The number of ether oxygens (including phenoxy) is 2. The number of aryl methyl sites for hydroxylation is 1. The standard InChI is InChI=1S/C18H22ClNO4S/c1-14-4-10-17(11-5-14)25(21,22)20(13-18(23-2)24-3)12-15-6-8-16(19)9-7-15/h4-11,18H,12-13H2,1-3H3. The molecule has 0 saturated heterocycles. The van der Waals surface area contributed by atoms with E-state index in [0.717, 1.165) is 11.1 Å². The topological polar surface area (TPSA) is 55.8 Å². The first-order chi connectivity index (χ1) is 11.9. The Morgan fingerprint density at radius 2 is 1.56 bits per heavy atom. The van der Waals surface area contributed by atoms with Gasteiger partial charge in [-0.25, -0.2) is 8.42 Å². The van der Waals surface area contributed by atoms with Crippen molar-refractivity contribution in [3.05, 3.63) is 64.7 Å². The minimum atomic E-state index is -3.70. The predicted octanol–water partition coefficient (Wildman–Crippen LogP) is 3.46. The quantitative estimate of drug-likeness (QED) is 0.655. The fourth-order valence-corrected chi connectivity index (χ4v) is 3.85. The molecule has 2 aromatic rings. The number of benzene rings is 2. The third kappa shape index (κ3) is 5.26. The number of hydrogen-bond acceptors (Lipinski definition) is 4. The zero-order chi connectivity index (χ0) is 18.4. The van der Waals surface area contributed by atoms with Crippen LogP contribution in [0.2, 0.25) is 5.02 Å². The molecular formula is C18H22ClNO4S. The minimum Gasteiger partial charge on any atom is -0.354 e. The normalized spacial score (nSPS) is 12.1. The summed E-state index contributed by atoms with van der Waals surface area (Å²) in [5.41, 5.74) is 1.82. The maximum atomic E-state index is 13.1. The van der Waals surface area contributed by atoms with E-state index in [1.807, 2.05) is 6.92 Å². The molecule has 0 aliphatic heterocycles. The van der Waals surface area contributed by atoms with E-state index in [-0.39, 0.29) is 18.0 Å². The second kappa shape index (κ2) is 8.78. The lowest BCUT2D eigenvalue weighted by Crippen LogP contribution is -2.38. The van der Waals surface area contributed by atoms with Crippen molar-refractivity contribution >= 4 is 21.6 Å². The van der Waals surface area contributed by atoms with Crippen LogP contribution in [0.15, 0.2) is 53.4 Å². The van der Waals surface area contributed by atoms with Crippen LogP contribution in [0.25, 0.3) is 0 Å². The Bertz CT molecular complexity index is 772. The highest BCUT2D eigenvalue weighted by atomic mass is 35.5. The molecule has 2 rings (SSSR count).